The molecule has 0 radical (unpaired) electrons. The minimum Gasteiger partial charge on any atom is -0.345 e. The summed E-state index contributed by atoms with van der Waals surface area (Å²) in [6.07, 6.45) is 3.23. The van der Waals surface area contributed by atoms with Crippen LogP contribution in [0, 0.1) is 0 Å². The Morgan fingerprint density at radius 2 is 2.36 bits per heavy atom. The summed E-state index contributed by atoms with van der Waals surface area (Å²) in [5.74, 6) is 0. The predicted octanol–water partition coefficient (Wildman–Crippen LogP) is 1.55. The molecule has 0 saturated heterocycles. The van der Waals surface area contributed by atoms with Crippen LogP contribution in [0.5, 0.6) is 0 Å². The second-order valence-electron chi connectivity index (χ2n) is 2.64. The quantitative estimate of drug-likeness (QED) is 0.812. The van der Waals surface area contributed by atoms with E-state index in [0.29, 0.717) is 0 Å². The van der Waals surface area contributed by atoms with Crippen molar-refractivity contribution in [3.05, 3.63) is 22.4 Å². The van der Waals surface area contributed by atoms with E-state index in [4.69, 9.17) is 0 Å². The Kier molecular flexibility index (Phi) is 3.15. The predicted molar refractivity (Wildman–Crippen MR) is 50.7 cm³/mol. The summed E-state index contributed by atoms with van der Waals surface area (Å²) in [5.41, 5.74) is 1.37. The molecule has 11 heavy (non-hydrogen) atoms. The number of halogens is 1. The van der Waals surface area contributed by atoms with Gasteiger partial charge in [-0.1, -0.05) is 0 Å². The SMILES string of the molecule is CNCCc1cc(Br)n(C)c1. The fourth-order valence-corrected chi connectivity index (χ4v) is 1.40. The maximum atomic E-state index is 3.45. The van der Waals surface area contributed by atoms with Crippen molar-refractivity contribution in [3.63, 3.8) is 0 Å². The number of aromatic nitrogens is 1. The molecule has 0 amide bonds. The lowest BCUT2D eigenvalue weighted by molar-refractivity contribution is 0.788. The number of nitrogens with zero attached hydrogens (tertiary/aromatic N) is 1. The van der Waals surface area contributed by atoms with Crippen LogP contribution >= 0.6 is 15.9 Å². The van der Waals surface area contributed by atoms with Crippen LogP contribution in [-0.2, 0) is 13.5 Å². The van der Waals surface area contributed by atoms with Gasteiger partial charge in [-0.2, -0.15) is 0 Å². The Morgan fingerprint density at radius 3 is 2.82 bits per heavy atom. The number of likely N-dealkylation sites (N-methyl/N-ethyl adjacent to an activating group) is 1. The van der Waals surface area contributed by atoms with Gasteiger partial charge in [-0.25, -0.2) is 0 Å². The maximum Gasteiger partial charge on any atom is 0.0846 e. The number of rotatable bonds is 3. The van der Waals surface area contributed by atoms with Crippen molar-refractivity contribution < 1.29 is 0 Å². The van der Waals surface area contributed by atoms with E-state index >= 15 is 0 Å². The van der Waals surface area contributed by atoms with Crippen molar-refractivity contribution in [2.24, 2.45) is 7.05 Å². The summed E-state index contributed by atoms with van der Waals surface area (Å²) >= 11 is 3.45. The monoisotopic (exact) mass is 216 g/mol. The van der Waals surface area contributed by atoms with Crippen molar-refractivity contribution in [1.29, 1.82) is 0 Å². The van der Waals surface area contributed by atoms with Crippen LogP contribution in [0.2, 0.25) is 0 Å². The Morgan fingerprint density at radius 1 is 1.64 bits per heavy atom. The molecular formula is C8H13BrN2. The van der Waals surface area contributed by atoms with Crippen LogP contribution in [-0.4, -0.2) is 18.2 Å². The highest BCUT2D eigenvalue weighted by Crippen LogP contribution is 2.13. The molecule has 62 valence electrons. The van der Waals surface area contributed by atoms with E-state index in [-0.39, 0.29) is 0 Å². The molecule has 0 saturated carbocycles. The van der Waals surface area contributed by atoms with Gasteiger partial charge < -0.3 is 9.88 Å². The first-order valence-corrected chi connectivity index (χ1v) is 4.48. The molecule has 0 aliphatic carbocycles. The molecule has 1 N–H and O–H groups in total. The van der Waals surface area contributed by atoms with E-state index in [1.54, 1.807) is 0 Å². The van der Waals surface area contributed by atoms with Crippen LogP contribution in [0.15, 0.2) is 16.9 Å². The van der Waals surface area contributed by atoms with Crippen LogP contribution in [0.3, 0.4) is 0 Å². The van der Waals surface area contributed by atoms with Crippen molar-refractivity contribution in [2.75, 3.05) is 13.6 Å². The van der Waals surface area contributed by atoms with Crippen molar-refractivity contribution in [1.82, 2.24) is 9.88 Å². The van der Waals surface area contributed by atoms with Crippen molar-refractivity contribution in [2.45, 2.75) is 6.42 Å². The first kappa shape index (κ1) is 8.81. The fraction of sp³-hybridized carbons (Fsp3) is 0.500. The molecule has 1 rings (SSSR count). The second kappa shape index (κ2) is 3.93. The first-order valence-electron chi connectivity index (χ1n) is 3.69. The van der Waals surface area contributed by atoms with Crippen LogP contribution in [0.4, 0.5) is 0 Å². The molecule has 1 aromatic rings. The highest BCUT2D eigenvalue weighted by molar-refractivity contribution is 9.10. The van der Waals surface area contributed by atoms with E-state index in [1.807, 2.05) is 14.1 Å². The average Bonchev–Trinajstić information content (AvgIpc) is 2.28. The molecule has 0 spiro atoms. The zero-order chi connectivity index (χ0) is 8.27. The maximum absolute atomic E-state index is 3.45. The Bertz CT molecular complexity index is 210. The average molecular weight is 217 g/mol. The number of hydrogen-bond donors (Lipinski definition) is 1. The van der Waals surface area contributed by atoms with Gasteiger partial charge in [0, 0.05) is 13.2 Å². The molecule has 0 atom stereocenters. The van der Waals surface area contributed by atoms with Gasteiger partial charge in [0.1, 0.15) is 0 Å². The summed E-state index contributed by atoms with van der Waals surface area (Å²) in [4.78, 5) is 0. The highest BCUT2D eigenvalue weighted by atomic mass is 79.9. The van der Waals surface area contributed by atoms with E-state index in [0.717, 1.165) is 17.6 Å². The molecule has 0 aliphatic heterocycles. The van der Waals surface area contributed by atoms with Gasteiger partial charge in [0.15, 0.2) is 0 Å². The lowest BCUT2D eigenvalue weighted by Gasteiger charge is -1.94. The van der Waals surface area contributed by atoms with Crippen LogP contribution in [0.25, 0.3) is 0 Å². The van der Waals surface area contributed by atoms with Gasteiger partial charge in [-0.15, -0.1) is 0 Å². The normalized spacial score (nSPS) is 10.5. The van der Waals surface area contributed by atoms with Gasteiger partial charge in [0.25, 0.3) is 0 Å². The van der Waals surface area contributed by atoms with Crippen molar-refractivity contribution in [3.8, 4) is 0 Å². The largest absolute Gasteiger partial charge is 0.345 e. The van der Waals surface area contributed by atoms with Gasteiger partial charge in [0.05, 0.1) is 4.60 Å². The van der Waals surface area contributed by atoms with Crippen LogP contribution in [0.1, 0.15) is 5.56 Å². The molecule has 3 heteroatoms. The third kappa shape index (κ3) is 2.34. The van der Waals surface area contributed by atoms with E-state index < -0.39 is 0 Å². The topological polar surface area (TPSA) is 17.0 Å². The molecule has 1 heterocycles. The summed E-state index contributed by atoms with van der Waals surface area (Å²) in [7, 11) is 4.00. The van der Waals surface area contributed by atoms with E-state index in [1.165, 1.54) is 5.56 Å². The zero-order valence-corrected chi connectivity index (χ0v) is 8.48. The minimum atomic E-state index is 1.04. The summed E-state index contributed by atoms with van der Waals surface area (Å²) in [5, 5.41) is 3.12. The molecule has 0 fully saturated rings. The smallest absolute Gasteiger partial charge is 0.0846 e. The zero-order valence-electron chi connectivity index (χ0n) is 6.89. The second-order valence-corrected chi connectivity index (χ2v) is 3.45. The fourth-order valence-electron chi connectivity index (χ4n) is 1.01. The van der Waals surface area contributed by atoms with Crippen molar-refractivity contribution >= 4 is 15.9 Å². The Balaban J connectivity index is 2.58. The first-order chi connectivity index (χ1) is 5.24. The number of aryl methyl sites for hydroxylation is 1. The third-order valence-electron chi connectivity index (χ3n) is 1.66. The lowest BCUT2D eigenvalue weighted by Crippen LogP contribution is -2.09. The summed E-state index contributed by atoms with van der Waals surface area (Å²) in [6, 6.07) is 2.15. The number of hydrogen-bond acceptors (Lipinski definition) is 1. The minimum absolute atomic E-state index is 1.04. The molecular weight excluding hydrogens is 204 g/mol. The van der Waals surface area contributed by atoms with E-state index in [2.05, 4.69) is 38.1 Å². The summed E-state index contributed by atoms with van der Waals surface area (Å²) < 4.78 is 3.22. The molecule has 2 nitrogen and oxygen atoms in total. The Hall–Kier alpha value is -0.280. The molecule has 0 bridgehead atoms. The van der Waals surface area contributed by atoms with Gasteiger partial charge >= 0.3 is 0 Å². The lowest BCUT2D eigenvalue weighted by atomic mass is 10.2. The summed E-state index contributed by atoms with van der Waals surface area (Å²) in [6.45, 7) is 1.04. The number of nitrogens with one attached hydrogen (secondary N) is 1. The van der Waals surface area contributed by atoms with Gasteiger partial charge in [0.2, 0.25) is 0 Å². The van der Waals surface area contributed by atoms with Gasteiger partial charge in [-0.05, 0) is 47.6 Å². The molecule has 0 aliphatic rings. The Labute approximate surface area is 75.7 Å². The molecule has 0 unspecified atom stereocenters. The highest BCUT2D eigenvalue weighted by Gasteiger charge is 1.98. The van der Waals surface area contributed by atoms with Gasteiger partial charge in [-0.3, -0.25) is 0 Å². The standard InChI is InChI=1S/C8H13BrN2/c1-10-4-3-7-5-8(9)11(2)6-7/h5-6,10H,3-4H2,1-2H3. The third-order valence-corrected chi connectivity index (χ3v) is 2.45. The molecule has 0 aromatic carbocycles. The van der Waals surface area contributed by atoms with E-state index in [9.17, 15) is 0 Å². The van der Waals surface area contributed by atoms with Crippen LogP contribution < -0.4 is 5.32 Å². The molecule has 1 aromatic heterocycles.